The first-order valence-electron chi connectivity index (χ1n) is 22.3. The van der Waals surface area contributed by atoms with Gasteiger partial charge >= 0.3 is 5.97 Å². The molecule has 13 nitrogen and oxygen atoms in total. The molecule has 0 aromatic rings. The summed E-state index contributed by atoms with van der Waals surface area (Å²) >= 11 is 0. The van der Waals surface area contributed by atoms with E-state index in [1.165, 1.54) is 83.5 Å². The van der Waals surface area contributed by atoms with Gasteiger partial charge in [0, 0.05) is 13.0 Å². The minimum absolute atomic E-state index is 0.145. The Morgan fingerprint density at radius 3 is 0.750 bits per heavy atom. The SMILES string of the molecule is CCCCCCCCCCCCCOCCOCCOCCOCCOCCOCCOCCOCCOCCOCCOCCOC(=O)CCCCCCC. The van der Waals surface area contributed by atoms with Crippen LogP contribution in [0.5, 0.6) is 0 Å². The largest absolute Gasteiger partial charge is 0.463 e. The summed E-state index contributed by atoms with van der Waals surface area (Å²) in [6.45, 7) is 16.4. The van der Waals surface area contributed by atoms with E-state index in [1.54, 1.807) is 0 Å². The zero-order valence-corrected chi connectivity index (χ0v) is 36.1. The van der Waals surface area contributed by atoms with Crippen LogP contribution in [0.4, 0.5) is 0 Å². The highest BCUT2D eigenvalue weighted by molar-refractivity contribution is 5.69. The Morgan fingerprint density at radius 1 is 0.250 bits per heavy atom. The fraction of sp³-hybridized carbons (Fsp3) is 0.977. The lowest BCUT2D eigenvalue weighted by Gasteiger charge is -2.09. The Kier molecular flexibility index (Phi) is 51.1. The molecule has 0 amide bonds. The molecular weight excluding hydrogens is 724 g/mol. The van der Waals surface area contributed by atoms with Gasteiger partial charge in [-0.25, -0.2) is 0 Å². The van der Waals surface area contributed by atoms with Gasteiger partial charge in [0.1, 0.15) is 6.61 Å². The molecule has 0 aromatic carbocycles. The summed E-state index contributed by atoms with van der Waals surface area (Å²) in [7, 11) is 0. The van der Waals surface area contributed by atoms with Crippen LogP contribution in [0.2, 0.25) is 0 Å². The summed E-state index contributed by atoms with van der Waals surface area (Å²) in [5.41, 5.74) is 0. The fourth-order valence-corrected chi connectivity index (χ4v) is 5.33. The average Bonchev–Trinajstić information content (AvgIpc) is 3.20. The van der Waals surface area contributed by atoms with Crippen LogP contribution in [0, 0.1) is 0 Å². The first-order chi connectivity index (χ1) is 27.8. The Morgan fingerprint density at radius 2 is 0.464 bits per heavy atom. The second kappa shape index (κ2) is 52.0. The normalized spacial score (nSPS) is 11.5. The molecule has 0 bridgehead atoms. The lowest BCUT2D eigenvalue weighted by molar-refractivity contribution is -0.145. The minimum Gasteiger partial charge on any atom is -0.463 e. The van der Waals surface area contributed by atoms with Crippen molar-refractivity contribution in [1.29, 1.82) is 0 Å². The topological polar surface area (TPSA) is 128 Å². The highest BCUT2D eigenvalue weighted by atomic mass is 16.6. The summed E-state index contributed by atoms with van der Waals surface area (Å²) < 4.78 is 65.9. The highest BCUT2D eigenvalue weighted by Crippen LogP contribution is 2.11. The van der Waals surface area contributed by atoms with Gasteiger partial charge in [0.05, 0.1) is 139 Å². The molecule has 0 N–H and O–H groups in total. The van der Waals surface area contributed by atoms with Gasteiger partial charge in [0.15, 0.2) is 0 Å². The van der Waals surface area contributed by atoms with Crippen LogP contribution in [0.1, 0.15) is 123 Å². The number of hydrogen-bond donors (Lipinski definition) is 0. The van der Waals surface area contributed by atoms with Crippen molar-refractivity contribution in [2.75, 3.05) is 152 Å². The molecule has 0 unspecified atom stereocenters. The van der Waals surface area contributed by atoms with Crippen molar-refractivity contribution in [1.82, 2.24) is 0 Å². The average molecular weight is 811 g/mol. The van der Waals surface area contributed by atoms with E-state index in [2.05, 4.69) is 13.8 Å². The van der Waals surface area contributed by atoms with Crippen LogP contribution in [0.3, 0.4) is 0 Å². The number of esters is 1. The van der Waals surface area contributed by atoms with E-state index in [0.717, 1.165) is 25.9 Å². The molecule has 13 heteroatoms. The molecule has 0 fully saturated rings. The molecule has 0 aromatic heterocycles. The van der Waals surface area contributed by atoms with Gasteiger partial charge in [-0.05, 0) is 12.8 Å². The van der Waals surface area contributed by atoms with Crippen molar-refractivity contribution in [3.05, 3.63) is 0 Å². The quantitative estimate of drug-likeness (QED) is 0.0448. The molecular formula is C43H86O13. The van der Waals surface area contributed by atoms with Gasteiger partial charge in [-0.2, -0.15) is 0 Å². The van der Waals surface area contributed by atoms with Gasteiger partial charge in [0.2, 0.25) is 0 Å². The third-order valence-corrected chi connectivity index (χ3v) is 8.59. The van der Waals surface area contributed by atoms with E-state index in [4.69, 9.17) is 56.8 Å². The number of carbonyl (C=O) groups is 1. The molecule has 56 heavy (non-hydrogen) atoms. The highest BCUT2D eigenvalue weighted by Gasteiger charge is 2.03. The van der Waals surface area contributed by atoms with E-state index in [-0.39, 0.29) is 12.6 Å². The molecule has 336 valence electrons. The Labute approximate surface area is 342 Å². The van der Waals surface area contributed by atoms with Crippen molar-refractivity contribution in [3.63, 3.8) is 0 Å². The van der Waals surface area contributed by atoms with Gasteiger partial charge in [-0.1, -0.05) is 104 Å². The maximum absolute atomic E-state index is 11.6. The van der Waals surface area contributed by atoms with Crippen LogP contribution in [-0.4, -0.2) is 158 Å². The molecule has 0 aliphatic rings. The first kappa shape index (κ1) is 55.0. The van der Waals surface area contributed by atoms with E-state index < -0.39 is 0 Å². The number of ether oxygens (including phenoxy) is 12. The summed E-state index contributed by atoms with van der Waals surface area (Å²) in [5.74, 6) is -0.145. The van der Waals surface area contributed by atoms with Crippen molar-refractivity contribution in [2.45, 2.75) is 123 Å². The summed E-state index contributed by atoms with van der Waals surface area (Å²) in [6.07, 6.45) is 20.9. The molecule has 0 aliphatic carbocycles. The second-order valence-electron chi connectivity index (χ2n) is 13.7. The zero-order chi connectivity index (χ0) is 40.3. The number of unbranched alkanes of at least 4 members (excludes halogenated alkanes) is 14. The van der Waals surface area contributed by atoms with Crippen molar-refractivity contribution < 1.29 is 61.6 Å². The summed E-state index contributed by atoms with van der Waals surface area (Å²) in [5, 5.41) is 0. The van der Waals surface area contributed by atoms with Gasteiger partial charge < -0.3 is 56.8 Å². The van der Waals surface area contributed by atoms with Gasteiger partial charge in [-0.15, -0.1) is 0 Å². The summed E-state index contributed by atoms with van der Waals surface area (Å²) in [6, 6.07) is 0. The third kappa shape index (κ3) is 51.0. The molecule has 0 atom stereocenters. The number of hydrogen-bond acceptors (Lipinski definition) is 13. The van der Waals surface area contributed by atoms with Crippen LogP contribution in [-0.2, 0) is 61.6 Å². The number of rotatable bonds is 51. The Balaban J connectivity index is 3.08. The molecule has 0 saturated heterocycles. The Bertz CT molecular complexity index is 719. The molecule has 0 saturated carbocycles. The second-order valence-corrected chi connectivity index (χ2v) is 13.7. The molecule has 0 radical (unpaired) electrons. The standard InChI is InChI=1S/C43H86O13/c1-3-5-7-9-10-11-12-13-14-16-18-20-45-21-22-46-23-24-47-25-26-48-27-28-49-29-30-50-31-32-51-33-34-52-35-36-53-37-38-54-39-40-55-41-42-56-43(44)19-17-15-8-6-4-2/h3-42H2,1-2H3. The molecule has 0 spiro atoms. The van der Waals surface area contributed by atoms with Crippen LogP contribution in [0.25, 0.3) is 0 Å². The lowest BCUT2D eigenvalue weighted by Crippen LogP contribution is -2.15. The minimum atomic E-state index is -0.145. The predicted molar refractivity (Wildman–Crippen MR) is 220 cm³/mol. The first-order valence-corrected chi connectivity index (χ1v) is 22.3. The van der Waals surface area contributed by atoms with E-state index >= 15 is 0 Å². The zero-order valence-electron chi connectivity index (χ0n) is 36.1. The smallest absolute Gasteiger partial charge is 0.305 e. The van der Waals surface area contributed by atoms with Gasteiger partial charge in [0.25, 0.3) is 0 Å². The molecule has 0 heterocycles. The lowest BCUT2D eigenvalue weighted by atomic mass is 10.1. The van der Waals surface area contributed by atoms with E-state index in [0.29, 0.717) is 145 Å². The van der Waals surface area contributed by atoms with Crippen LogP contribution < -0.4 is 0 Å². The molecule has 0 rings (SSSR count). The van der Waals surface area contributed by atoms with Crippen LogP contribution in [0.15, 0.2) is 0 Å². The Hall–Kier alpha value is -0.970. The molecule has 0 aliphatic heterocycles. The van der Waals surface area contributed by atoms with Crippen molar-refractivity contribution in [2.24, 2.45) is 0 Å². The van der Waals surface area contributed by atoms with Crippen molar-refractivity contribution in [3.8, 4) is 0 Å². The number of carbonyl (C=O) groups excluding carboxylic acids is 1. The third-order valence-electron chi connectivity index (χ3n) is 8.59. The van der Waals surface area contributed by atoms with E-state index in [1.807, 2.05) is 0 Å². The predicted octanol–water partition coefficient (Wildman–Crippen LogP) is 7.38. The fourth-order valence-electron chi connectivity index (χ4n) is 5.33. The summed E-state index contributed by atoms with van der Waals surface area (Å²) in [4.78, 5) is 11.6. The van der Waals surface area contributed by atoms with Crippen molar-refractivity contribution >= 4 is 5.97 Å². The van der Waals surface area contributed by atoms with E-state index in [9.17, 15) is 4.79 Å². The maximum Gasteiger partial charge on any atom is 0.305 e. The van der Waals surface area contributed by atoms with Crippen LogP contribution >= 0.6 is 0 Å². The van der Waals surface area contributed by atoms with Gasteiger partial charge in [-0.3, -0.25) is 4.79 Å². The maximum atomic E-state index is 11.6. The monoisotopic (exact) mass is 811 g/mol.